The number of pyridine rings is 1. The molecule has 1 aliphatic carbocycles. The van der Waals surface area contributed by atoms with Crippen LogP contribution in [0.1, 0.15) is 18.5 Å². The van der Waals surface area contributed by atoms with Crippen LogP contribution < -0.4 is 5.73 Å². The van der Waals surface area contributed by atoms with Gasteiger partial charge in [-0.2, -0.15) is 0 Å². The summed E-state index contributed by atoms with van der Waals surface area (Å²) in [5.41, 5.74) is 3.47. The molecule has 0 aliphatic heterocycles. The number of hydrogen-bond donors (Lipinski definition) is 3. The molecule has 1 unspecified atom stereocenters. The fourth-order valence-corrected chi connectivity index (χ4v) is 2.57. The van der Waals surface area contributed by atoms with Gasteiger partial charge in [0.25, 0.3) is 0 Å². The molecule has 126 valence electrons. The molecule has 0 amide bonds. The van der Waals surface area contributed by atoms with Gasteiger partial charge in [-0.3, -0.25) is 9.78 Å². The Hall–Kier alpha value is -1.77. The number of carboxylic acid groups (broad SMARTS) is 2. The number of nitrogens with zero attached hydrogens (tertiary/aromatic N) is 1. The molecule has 1 fully saturated rings. The molecule has 0 spiro atoms. The van der Waals surface area contributed by atoms with Crippen molar-refractivity contribution in [1.29, 1.82) is 0 Å². The van der Waals surface area contributed by atoms with Crippen LogP contribution in [-0.4, -0.2) is 45.0 Å². The zero-order valence-corrected chi connectivity index (χ0v) is 12.7. The quantitative estimate of drug-likeness (QED) is 0.647. The van der Waals surface area contributed by atoms with Gasteiger partial charge in [0.05, 0.1) is 35.9 Å². The first-order chi connectivity index (χ1) is 10.7. The average Bonchev–Trinajstić information content (AvgIpc) is 3.00. The smallest absolute Gasteiger partial charge is 0.343 e. The molecule has 0 radical (unpaired) electrons. The Morgan fingerprint density at radius 1 is 1.48 bits per heavy atom. The monoisotopic (exact) mass is 346 g/mol. The van der Waals surface area contributed by atoms with Crippen LogP contribution in [0.2, 0.25) is 5.02 Å². The van der Waals surface area contributed by atoms with Crippen LogP contribution >= 0.6 is 11.6 Å². The van der Waals surface area contributed by atoms with E-state index in [1.54, 1.807) is 12.1 Å². The van der Waals surface area contributed by atoms with E-state index in [-0.39, 0.29) is 19.4 Å². The van der Waals surface area contributed by atoms with Crippen molar-refractivity contribution < 1.29 is 28.9 Å². The Kier molecular flexibility index (Phi) is 5.18. The van der Waals surface area contributed by atoms with Gasteiger partial charge in [-0.1, -0.05) is 11.6 Å². The van der Waals surface area contributed by atoms with Gasteiger partial charge < -0.3 is 20.7 Å². The molecule has 0 bridgehead atoms. The van der Waals surface area contributed by atoms with Gasteiger partial charge in [-0.25, -0.2) is 9.18 Å². The fourth-order valence-electron chi connectivity index (χ4n) is 2.46. The second-order valence-corrected chi connectivity index (χ2v) is 5.88. The summed E-state index contributed by atoms with van der Waals surface area (Å²) in [5.74, 6) is -3.74. The van der Waals surface area contributed by atoms with E-state index in [1.807, 2.05) is 0 Å². The summed E-state index contributed by atoms with van der Waals surface area (Å²) in [6.07, 6.45) is 0.0781. The number of hydrogen-bond acceptors (Lipinski definition) is 5. The predicted octanol–water partition coefficient (Wildman–Crippen LogP) is 1.23. The van der Waals surface area contributed by atoms with Gasteiger partial charge in [-0.05, 0) is 18.6 Å². The maximum atomic E-state index is 14.0. The fraction of sp³-hybridized carbons (Fsp3) is 0.500. The summed E-state index contributed by atoms with van der Waals surface area (Å²) < 4.78 is 19.5. The van der Waals surface area contributed by atoms with Crippen LogP contribution in [-0.2, 0) is 20.9 Å². The Morgan fingerprint density at radius 2 is 2.17 bits per heavy atom. The third-order valence-corrected chi connectivity index (χ3v) is 4.08. The first kappa shape index (κ1) is 17.6. The minimum absolute atomic E-state index is 0.00340. The van der Waals surface area contributed by atoms with Gasteiger partial charge in [0.1, 0.15) is 0 Å². The molecule has 9 heteroatoms. The van der Waals surface area contributed by atoms with Crippen molar-refractivity contribution in [2.45, 2.75) is 37.3 Å². The Balaban J connectivity index is 1.96. The second kappa shape index (κ2) is 6.77. The molecular weight excluding hydrogens is 331 g/mol. The number of nitrogens with two attached hydrogens (primary N) is 1. The highest BCUT2D eigenvalue weighted by molar-refractivity contribution is 6.30. The molecule has 4 N–H and O–H groups in total. The van der Waals surface area contributed by atoms with E-state index < -0.39 is 35.7 Å². The van der Waals surface area contributed by atoms with Crippen LogP contribution in [0.5, 0.6) is 0 Å². The molecule has 1 aromatic heterocycles. The summed E-state index contributed by atoms with van der Waals surface area (Å²) in [4.78, 5) is 25.8. The number of carbonyl (C=O) groups is 2. The lowest BCUT2D eigenvalue weighted by Gasteiger charge is -2.16. The van der Waals surface area contributed by atoms with Gasteiger partial charge in [-0.15, -0.1) is 0 Å². The zero-order chi connectivity index (χ0) is 17.2. The predicted molar refractivity (Wildman–Crippen MR) is 77.6 cm³/mol. The Bertz CT molecular complexity index is 599. The third-order valence-electron chi connectivity index (χ3n) is 3.85. The molecule has 1 saturated carbocycles. The molecule has 23 heavy (non-hydrogen) atoms. The van der Waals surface area contributed by atoms with Gasteiger partial charge in [0.2, 0.25) is 5.67 Å². The standard InChI is InChI=1S/C14H16ClFN2O5/c15-7-1-2-8(18-5-7)6-23-9(4-11(19)20)3-10-12(17)14(10,16)13(21)22/h1-2,5,9-10,12H,3-4,6,17H2,(H,19,20)(H,21,22)/t9-,10-,12?,14-/m1/s1. The summed E-state index contributed by atoms with van der Waals surface area (Å²) in [6.45, 7) is 0.00340. The number of aromatic nitrogens is 1. The average molecular weight is 347 g/mol. The lowest BCUT2D eigenvalue weighted by molar-refractivity contribution is -0.145. The molecule has 2 rings (SSSR count). The van der Waals surface area contributed by atoms with Crippen LogP contribution in [0, 0.1) is 5.92 Å². The van der Waals surface area contributed by atoms with Crippen molar-refractivity contribution in [3.05, 3.63) is 29.0 Å². The van der Waals surface area contributed by atoms with E-state index in [1.165, 1.54) is 6.20 Å². The van der Waals surface area contributed by atoms with Gasteiger partial charge in [0, 0.05) is 12.1 Å². The third kappa shape index (κ3) is 3.95. The Labute approximate surface area is 136 Å². The van der Waals surface area contributed by atoms with Crippen molar-refractivity contribution >= 4 is 23.5 Å². The van der Waals surface area contributed by atoms with Crippen molar-refractivity contribution in [3.8, 4) is 0 Å². The summed E-state index contributed by atoms with van der Waals surface area (Å²) in [5, 5.41) is 18.2. The van der Waals surface area contributed by atoms with E-state index in [0.29, 0.717) is 10.7 Å². The summed E-state index contributed by atoms with van der Waals surface area (Å²) in [7, 11) is 0. The highest BCUT2D eigenvalue weighted by atomic mass is 35.5. The second-order valence-electron chi connectivity index (χ2n) is 5.44. The molecule has 1 heterocycles. The molecule has 1 aromatic rings. The maximum absolute atomic E-state index is 14.0. The Morgan fingerprint density at radius 3 is 2.65 bits per heavy atom. The maximum Gasteiger partial charge on any atom is 0.343 e. The number of aliphatic carboxylic acids is 2. The van der Waals surface area contributed by atoms with Crippen molar-refractivity contribution in [3.63, 3.8) is 0 Å². The summed E-state index contributed by atoms with van der Waals surface area (Å²) >= 11 is 5.71. The van der Waals surface area contributed by atoms with Crippen LogP contribution in [0.25, 0.3) is 0 Å². The molecule has 0 aromatic carbocycles. The van der Waals surface area contributed by atoms with Crippen molar-refractivity contribution in [2.24, 2.45) is 11.7 Å². The SMILES string of the molecule is NC1[C@@H](C[C@H](CC(=O)O)OCc2ccc(Cl)cn2)[C@]1(F)C(=O)O. The molecule has 1 aliphatic rings. The van der Waals surface area contributed by atoms with Gasteiger partial charge >= 0.3 is 11.9 Å². The number of ether oxygens (including phenoxy) is 1. The first-order valence-corrected chi connectivity index (χ1v) is 7.24. The molecule has 0 saturated heterocycles. The highest BCUT2D eigenvalue weighted by Gasteiger charge is 2.70. The normalized spacial score (nSPS) is 27.4. The molecule has 4 atom stereocenters. The number of halogens is 2. The van der Waals surface area contributed by atoms with E-state index in [9.17, 15) is 14.0 Å². The van der Waals surface area contributed by atoms with Crippen LogP contribution in [0.15, 0.2) is 18.3 Å². The van der Waals surface area contributed by atoms with E-state index in [0.717, 1.165) is 0 Å². The first-order valence-electron chi connectivity index (χ1n) is 6.86. The van der Waals surface area contributed by atoms with Crippen molar-refractivity contribution in [1.82, 2.24) is 4.98 Å². The van der Waals surface area contributed by atoms with Crippen molar-refractivity contribution in [2.75, 3.05) is 0 Å². The minimum atomic E-state index is -2.52. The van der Waals surface area contributed by atoms with Crippen LogP contribution in [0.3, 0.4) is 0 Å². The topological polar surface area (TPSA) is 123 Å². The molecule has 7 nitrogen and oxygen atoms in total. The zero-order valence-electron chi connectivity index (χ0n) is 12.0. The van der Waals surface area contributed by atoms with E-state index in [2.05, 4.69) is 4.98 Å². The summed E-state index contributed by atoms with van der Waals surface area (Å²) in [6, 6.07) is 2.06. The highest BCUT2D eigenvalue weighted by Crippen LogP contribution is 2.49. The number of alkyl halides is 1. The lowest BCUT2D eigenvalue weighted by atomic mass is 10.1. The lowest BCUT2D eigenvalue weighted by Crippen LogP contribution is -2.26. The van der Waals surface area contributed by atoms with Gasteiger partial charge in [0.15, 0.2) is 0 Å². The minimum Gasteiger partial charge on any atom is -0.481 e. The number of carboxylic acids is 2. The van der Waals surface area contributed by atoms with E-state index >= 15 is 0 Å². The largest absolute Gasteiger partial charge is 0.481 e. The number of rotatable bonds is 8. The van der Waals surface area contributed by atoms with E-state index in [4.69, 9.17) is 32.3 Å². The molecular formula is C14H16ClFN2O5. The van der Waals surface area contributed by atoms with Crippen LogP contribution in [0.4, 0.5) is 4.39 Å².